The molecule has 1 aromatic carbocycles. The Balaban J connectivity index is 1.57. The van der Waals surface area contributed by atoms with Crippen molar-refractivity contribution < 1.29 is 23.0 Å². The number of hydrogen-bond donors (Lipinski definition) is 1. The third-order valence-corrected chi connectivity index (χ3v) is 4.93. The molecule has 1 aliphatic rings. The van der Waals surface area contributed by atoms with Gasteiger partial charge in [0.2, 0.25) is 0 Å². The fourth-order valence-electron chi connectivity index (χ4n) is 2.48. The first-order chi connectivity index (χ1) is 12.8. The Labute approximate surface area is 160 Å². The van der Waals surface area contributed by atoms with E-state index in [1.165, 1.54) is 35.9 Å². The van der Waals surface area contributed by atoms with E-state index in [1.54, 1.807) is 5.38 Å². The van der Waals surface area contributed by atoms with Crippen molar-refractivity contribution >= 4 is 34.7 Å². The topological polar surface area (TPSA) is 73.3 Å². The number of hydrogen-bond acceptors (Lipinski definition) is 6. The summed E-state index contributed by atoms with van der Waals surface area (Å²) in [5, 5.41) is 6.41. The minimum Gasteiger partial charge on any atom is -0.395 e. The maximum Gasteiger partial charge on any atom is 0.586 e. The van der Waals surface area contributed by atoms with E-state index in [9.17, 15) is 13.6 Å². The van der Waals surface area contributed by atoms with Crippen molar-refractivity contribution in [2.75, 3.05) is 5.32 Å². The summed E-state index contributed by atoms with van der Waals surface area (Å²) in [7, 11) is 0. The number of alkyl halides is 2. The number of benzene rings is 1. The van der Waals surface area contributed by atoms with Gasteiger partial charge >= 0.3 is 6.29 Å². The molecule has 0 saturated heterocycles. The summed E-state index contributed by atoms with van der Waals surface area (Å²) in [5.41, 5.74) is 2.10. The van der Waals surface area contributed by atoms with Crippen LogP contribution in [-0.2, 0) is 0 Å². The van der Waals surface area contributed by atoms with Crippen LogP contribution in [0.5, 0.6) is 11.5 Å². The number of amides is 1. The molecule has 0 bridgehead atoms. The van der Waals surface area contributed by atoms with Crippen molar-refractivity contribution in [2.45, 2.75) is 13.2 Å². The highest BCUT2D eigenvalue weighted by molar-refractivity contribution is 7.08. The fourth-order valence-corrected chi connectivity index (χ4v) is 3.55. The molecule has 10 heteroatoms. The smallest absolute Gasteiger partial charge is 0.395 e. The van der Waals surface area contributed by atoms with E-state index in [1.807, 2.05) is 12.3 Å². The van der Waals surface area contributed by atoms with E-state index in [0.717, 1.165) is 5.56 Å². The van der Waals surface area contributed by atoms with Crippen LogP contribution in [0.3, 0.4) is 0 Å². The summed E-state index contributed by atoms with van der Waals surface area (Å²) in [5.74, 6) is -0.347. The Kier molecular flexibility index (Phi) is 4.20. The molecular formula is C17H10ClF2N3O3S. The molecule has 0 radical (unpaired) electrons. The first-order valence-electron chi connectivity index (χ1n) is 7.58. The van der Waals surface area contributed by atoms with Crippen LogP contribution < -0.4 is 14.8 Å². The second-order valence-corrected chi connectivity index (χ2v) is 6.81. The number of carbonyl (C=O) groups is 1. The molecule has 0 atom stereocenters. The zero-order valence-corrected chi connectivity index (χ0v) is 15.2. The number of rotatable bonds is 3. The van der Waals surface area contributed by atoms with Gasteiger partial charge in [0.25, 0.3) is 5.91 Å². The lowest BCUT2D eigenvalue weighted by Gasteiger charge is -2.07. The number of fused-ring (bicyclic) bond motifs is 1. The number of nitrogens with zero attached hydrogens (tertiary/aromatic N) is 2. The van der Waals surface area contributed by atoms with Gasteiger partial charge in [-0.3, -0.25) is 9.78 Å². The van der Waals surface area contributed by atoms with E-state index in [-0.39, 0.29) is 28.2 Å². The van der Waals surface area contributed by atoms with Gasteiger partial charge in [-0.2, -0.15) is 11.3 Å². The number of aryl methyl sites for hydroxylation is 1. The molecule has 4 rings (SSSR count). The molecular weight excluding hydrogens is 400 g/mol. The summed E-state index contributed by atoms with van der Waals surface area (Å²) >= 11 is 7.56. The number of carbonyl (C=O) groups excluding carboxylic acids is 1. The summed E-state index contributed by atoms with van der Waals surface area (Å²) in [6, 6.07) is 2.53. The van der Waals surface area contributed by atoms with Gasteiger partial charge in [0.05, 0.1) is 28.7 Å². The molecule has 3 heterocycles. The Morgan fingerprint density at radius 3 is 2.56 bits per heavy atom. The highest BCUT2D eigenvalue weighted by Gasteiger charge is 2.43. The number of thiophene rings is 1. The second-order valence-electron chi connectivity index (χ2n) is 5.66. The molecule has 0 fully saturated rings. The third kappa shape index (κ3) is 3.43. The van der Waals surface area contributed by atoms with Crippen molar-refractivity contribution in [3.8, 4) is 22.8 Å². The molecule has 3 aromatic rings. The van der Waals surface area contributed by atoms with Crippen molar-refractivity contribution in [3.05, 3.63) is 51.4 Å². The van der Waals surface area contributed by atoms with Crippen LogP contribution in [-0.4, -0.2) is 22.2 Å². The van der Waals surface area contributed by atoms with Crippen LogP contribution in [0.15, 0.2) is 35.3 Å². The minimum absolute atomic E-state index is 0.147. The van der Waals surface area contributed by atoms with Crippen LogP contribution in [0.4, 0.5) is 14.6 Å². The summed E-state index contributed by atoms with van der Waals surface area (Å²) in [4.78, 5) is 20.5. The van der Waals surface area contributed by atoms with Gasteiger partial charge in [-0.1, -0.05) is 11.6 Å². The van der Waals surface area contributed by atoms with Gasteiger partial charge in [-0.25, -0.2) is 4.98 Å². The van der Waals surface area contributed by atoms with Gasteiger partial charge in [-0.15, -0.1) is 8.78 Å². The summed E-state index contributed by atoms with van der Waals surface area (Å²) in [6.45, 7) is 1.84. The number of nitrogens with one attached hydrogen (secondary N) is 1. The highest BCUT2D eigenvalue weighted by Crippen LogP contribution is 2.45. The normalized spacial score (nSPS) is 14.2. The van der Waals surface area contributed by atoms with E-state index >= 15 is 0 Å². The van der Waals surface area contributed by atoms with Crippen LogP contribution in [0.1, 0.15) is 15.9 Å². The maximum absolute atomic E-state index is 13.2. The molecule has 0 unspecified atom stereocenters. The van der Waals surface area contributed by atoms with E-state index in [0.29, 0.717) is 16.8 Å². The van der Waals surface area contributed by atoms with Crippen molar-refractivity contribution in [3.63, 3.8) is 0 Å². The van der Waals surface area contributed by atoms with Crippen molar-refractivity contribution in [2.24, 2.45) is 0 Å². The molecule has 27 heavy (non-hydrogen) atoms. The predicted molar refractivity (Wildman–Crippen MR) is 95.7 cm³/mol. The second kappa shape index (κ2) is 6.43. The number of ether oxygens (including phenoxy) is 2. The molecule has 0 saturated carbocycles. The van der Waals surface area contributed by atoms with Crippen molar-refractivity contribution in [1.82, 2.24) is 9.97 Å². The standard InChI is InChI=1S/C17H10ClF2N3O3S/c1-8-6-27-7-10(8)16(24)23-15-5-21-12(4-22-15)9-2-13-14(3-11(9)18)26-17(19,20)25-13/h2-7H,1H3,(H,22,23,24). The Hall–Kier alpha value is -2.78. The first-order valence-corrected chi connectivity index (χ1v) is 8.90. The van der Waals surface area contributed by atoms with Gasteiger partial charge in [0.15, 0.2) is 17.3 Å². The Morgan fingerprint density at radius 2 is 1.93 bits per heavy atom. The van der Waals surface area contributed by atoms with E-state index < -0.39 is 6.29 Å². The minimum atomic E-state index is -3.73. The Morgan fingerprint density at radius 1 is 1.19 bits per heavy atom. The van der Waals surface area contributed by atoms with Gasteiger partial charge in [0, 0.05) is 17.0 Å². The van der Waals surface area contributed by atoms with E-state index in [2.05, 4.69) is 24.8 Å². The number of halogens is 3. The van der Waals surface area contributed by atoms with Gasteiger partial charge in [-0.05, 0) is 23.9 Å². The predicted octanol–water partition coefficient (Wildman–Crippen LogP) is 4.74. The molecule has 1 aliphatic heterocycles. The quantitative estimate of drug-likeness (QED) is 0.676. The zero-order valence-electron chi connectivity index (χ0n) is 13.6. The van der Waals surface area contributed by atoms with Crippen molar-refractivity contribution in [1.29, 1.82) is 0 Å². The van der Waals surface area contributed by atoms with Crippen LogP contribution in [0, 0.1) is 6.92 Å². The highest BCUT2D eigenvalue weighted by atomic mass is 35.5. The molecule has 1 N–H and O–H groups in total. The fraction of sp³-hybridized carbons (Fsp3) is 0.118. The SMILES string of the molecule is Cc1cscc1C(=O)Nc1cnc(-c2cc3c(cc2Cl)OC(F)(F)O3)cn1. The molecule has 6 nitrogen and oxygen atoms in total. The Bertz CT molecular complexity index is 1040. The van der Waals surface area contributed by atoms with Gasteiger partial charge < -0.3 is 14.8 Å². The van der Waals surface area contributed by atoms with Gasteiger partial charge in [0.1, 0.15) is 0 Å². The molecule has 2 aromatic heterocycles. The zero-order chi connectivity index (χ0) is 19.2. The average molecular weight is 410 g/mol. The molecule has 138 valence electrons. The monoisotopic (exact) mass is 409 g/mol. The molecule has 0 aliphatic carbocycles. The van der Waals surface area contributed by atoms with Crippen LogP contribution in [0.25, 0.3) is 11.3 Å². The first kappa shape index (κ1) is 17.6. The summed E-state index contributed by atoms with van der Waals surface area (Å²) < 4.78 is 35.1. The lowest BCUT2D eigenvalue weighted by atomic mass is 10.1. The third-order valence-electron chi connectivity index (χ3n) is 3.76. The van der Waals surface area contributed by atoms with Crippen LogP contribution in [0.2, 0.25) is 5.02 Å². The van der Waals surface area contributed by atoms with E-state index in [4.69, 9.17) is 11.6 Å². The largest absolute Gasteiger partial charge is 0.586 e. The van der Waals surface area contributed by atoms with Crippen LogP contribution >= 0.6 is 22.9 Å². The maximum atomic E-state index is 13.2. The molecule has 1 amide bonds. The number of anilines is 1. The number of aromatic nitrogens is 2. The molecule has 0 spiro atoms. The lowest BCUT2D eigenvalue weighted by Crippen LogP contribution is -2.25. The average Bonchev–Trinajstić information content (AvgIpc) is 3.16. The summed E-state index contributed by atoms with van der Waals surface area (Å²) in [6.07, 6.45) is -1.01. The lowest BCUT2D eigenvalue weighted by molar-refractivity contribution is -0.286.